The molecule has 0 saturated heterocycles. The Labute approximate surface area is 121 Å². The third-order valence-electron chi connectivity index (χ3n) is 3.42. The van der Waals surface area contributed by atoms with Gasteiger partial charge in [-0.05, 0) is 39.2 Å². The number of hydrogen-bond acceptors (Lipinski definition) is 3. The van der Waals surface area contributed by atoms with E-state index in [1.54, 1.807) is 12.1 Å². The Balaban J connectivity index is 2.27. The van der Waals surface area contributed by atoms with E-state index in [0.29, 0.717) is 0 Å². The van der Waals surface area contributed by atoms with E-state index in [9.17, 15) is 14.3 Å². The number of hydrogen-bond donors (Lipinski definition) is 0. The van der Waals surface area contributed by atoms with Gasteiger partial charge >= 0.3 is 0 Å². The molecule has 2 atom stereocenters. The number of non-ortho nitro benzene ring substituents is 1. The highest BCUT2D eigenvalue weighted by Gasteiger charge is 2.31. The predicted molar refractivity (Wildman–Crippen MR) is 81.0 cm³/mol. The Morgan fingerprint density at radius 1 is 1.25 bits per heavy atom. The summed E-state index contributed by atoms with van der Waals surface area (Å²) < 4.78 is 12.3. The van der Waals surface area contributed by atoms with Gasteiger partial charge in [-0.25, -0.2) is 0 Å². The fourth-order valence-electron chi connectivity index (χ4n) is 2.39. The summed E-state index contributed by atoms with van der Waals surface area (Å²) in [5.41, 5.74) is 1.10. The minimum Gasteiger partial charge on any atom is -0.258 e. The number of benzene rings is 1. The molecule has 1 aromatic carbocycles. The van der Waals surface area contributed by atoms with E-state index in [0.717, 1.165) is 23.3 Å². The van der Waals surface area contributed by atoms with Gasteiger partial charge in [-0.1, -0.05) is 18.2 Å². The lowest BCUT2D eigenvalue weighted by atomic mass is 9.98. The summed E-state index contributed by atoms with van der Waals surface area (Å²) >= 11 is 0. The Morgan fingerprint density at radius 3 is 2.35 bits per heavy atom. The minimum atomic E-state index is -1.03. The van der Waals surface area contributed by atoms with Crippen LogP contribution in [0.5, 0.6) is 0 Å². The van der Waals surface area contributed by atoms with Crippen molar-refractivity contribution in [1.29, 1.82) is 0 Å². The topological polar surface area (TPSA) is 60.2 Å². The van der Waals surface area contributed by atoms with Crippen LogP contribution in [0.1, 0.15) is 45.1 Å². The van der Waals surface area contributed by atoms with Crippen LogP contribution in [0.3, 0.4) is 0 Å². The van der Waals surface area contributed by atoms with Gasteiger partial charge in [0.25, 0.3) is 5.69 Å². The summed E-state index contributed by atoms with van der Waals surface area (Å²) in [6.45, 7) is 5.90. The standard InChI is InChI=1S/C15H19NO3S/c1-15(2,3)20(19)14-6-4-5-13(14)11-7-9-12(10-8-11)16(17)18/h6-10,13H,4-5H2,1-3H3/t13-,20?/m0/s1. The molecule has 0 spiro atoms. The zero-order chi connectivity index (χ0) is 14.9. The van der Waals surface area contributed by atoms with Crippen molar-refractivity contribution in [1.82, 2.24) is 0 Å². The van der Waals surface area contributed by atoms with E-state index in [2.05, 4.69) is 6.08 Å². The van der Waals surface area contributed by atoms with Crippen molar-refractivity contribution < 1.29 is 9.13 Å². The van der Waals surface area contributed by atoms with Gasteiger partial charge in [0.05, 0.1) is 15.7 Å². The predicted octanol–water partition coefficient (Wildman–Crippen LogP) is 3.90. The second-order valence-corrected chi connectivity index (χ2v) is 8.20. The summed E-state index contributed by atoms with van der Waals surface area (Å²) in [5.74, 6) is 0.121. The van der Waals surface area contributed by atoms with E-state index in [4.69, 9.17) is 0 Å². The van der Waals surface area contributed by atoms with Crippen LogP contribution in [0.25, 0.3) is 0 Å². The average molecular weight is 293 g/mol. The summed E-state index contributed by atoms with van der Waals surface area (Å²) in [7, 11) is -1.03. The molecule has 0 heterocycles. The lowest BCUT2D eigenvalue weighted by Gasteiger charge is -2.23. The molecule has 0 amide bonds. The van der Waals surface area contributed by atoms with Crippen molar-refractivity contribution in [3.05, 3.63) is 50.9 Å². The second kappa shape index (κ2) is 5.48. The number of nitrogens with zero attached hydrogens (tertiary/aromatic N) is 1. The fraction of sp³-hybridized carbons (Fsp3) is 0.467. The van der Waals surface area contributed by atoms with E-state index in [1.807, 2.05) is 20.8 Å². The Hall–Kier alpha value is -1.49. The van der Waals surface area contributed by atoms with Crippen LogP contribution in [0, 0.1) is 10.1 Å². The summed E-state index contributed by atoms with van der Waals surface area (Å²) in [4.78, 5) is 11.2. The number of allylic oxidation sites excluding steroid dienone is 2. The van der Waals surface area contributed by atoms with Crippen LogP contribution >= 0.6 is 0 Å². The first-order valence-corrected chi connectivity index (χ1v) is 7.82. The van der Waals surface area contributed by atoms with Gasteiger partial charge in [-0.2, -0.15) is 0 Å². The molecule has 1 aliphatic rings. The molecule has 0 bridgehead atoms. The average Bonchev–Trinajstić information content (AvgIpc) is 2.85. The van der Waals surface area contributed by atoms with Crippen LogP contribution in [0.2, 0.25) is 0 Å². The third-order valence-corrected chi connectivity index (χ3v) is 5.41. The number of nitro benzene ring substituents is 1. The molecular weight excluding hydrogens is 274 g/mol. The molecule has 1 aliphatic carbocycles. The molecule has 2 rings (SSSR count). The van der Waals surface area contributed by atoms with Gasteiger partial charge < -0.3 is 0 Å². The van der Waals surface area contributed by atoms with Crippen LogP contribution in [-0.4, -0.2) is 13.9 Å². The molecule has 5 heteroatoms. The lowest BCUT2D eigenvalue weighted by Crippen LogP contribution is -2.24. The maximum absolute atomic E-state index is 12.6. The minimum absolute atomic E-state index is 0.0919. The van der Waals surface area contributed by atoms with Gasteiger partial charge in [0.2, 0.25) is 0 Å². The smallest absolute Gasteiger partial charge is 0.258 e. The molecule has 1 unspecified atom stereocenters. The maximum atomic E-state index is 12.6. The second-order valence-electron chi connectivity index (χ2n) is 5.97. The van der Waals surface area contributed by atoms with Crippen LogP contribution < -0.4 is 0 Å². The molecule has 0 aliphatic heterocycles. The molecular formula is C15H19NO3S. The first kappa shape index (κ1) is 14.9. The van der Waals surface area contributed by atoms with Crippen LogP contribution in [0.15, 0.2) is 35.2 Å². The first-order chi connectivity index (χ1) is 9.30. The summed E-state index contributed by atoms with van der Waals surface area (Å²) in [6.07, 6.45) is 3.90. The van der Waals surface area contributed by atoms with Gasteiger partial charge in [0.1, 0.15) is 0 Å². The summed E-state index contributed by atoms with van der Waals surface area (Å²) in [5, 5.41) is 10.7. The highest BCUT2D eigenvalue weighted by Crippen LogP contribution is 2.40. The van der Waals surface area contributed by atoms with Crippen molar-refractivity contribution in [2.75, 3.05) is 0 Å². The first-order valence-electron chi connectivity index (χ1n) is 6.67. The van der Waals surface area contributed by atoms with E-state index < -0.39 is 15.7 Å². The molecule has 108 valence electrons. The quantitative estimate of drug-likeness (QED) is 0.627. The molecule has 0 aromatic heterocycles. The van der Waals surface area contributed by atoms with Gasteiger partial charge in [0.15, 0.2) is 0 Å². The van der Waals surface area contributed by atoms with Crippen molar-refractivity contribution in [2.45, 2.75) is 44.3 Å². The number of nitro groups is 1. The van der Waals surface area contributed by atoms with Crippen molar-refractivity contribution in [3.8, 4) is 0 Å². The van der Waals surface area contributed by atoms with Gasteiger partial charge in [0, 0.05) is 27.7 Å². The molecule has 20 heavy (non-hydrogen) atoms. The Kier molecular flexibility index (Phi) is 4.09. The normalized spacial score (nSPS) is 20.6. The monoisotopic (exact) mass is 293 g/mol. The fourth-order valence-corrected chi connectivity index (χ4v) is 3.88. The zero-order valence-electron chi connectivity index (χ0n) is 12.0. The zero-order valence-corrected chi connectivity index (χ0v) is 12.8. The van der Waals surface area contributed by atoms with Gasteiger partial charge in [-0.3, -0.25) is 14.3 Å². The van der Waals surface area contributed by atoms with E-state index >= 15 is 0 Å². The molecule has 1 aromatic rings. The highest BCUT2D eigenvalue weighted by atomic mass is 32.2. The highest BCUT2D eigenvalue weighted by molar-refractivity contribution is 7.90. The Bertz CT molecular complexity index is 570. The molecule has 0 radical (unpaired) electrons. The molecule has 0 N–H and O–H groups in total. The van der Waals surface area contributed by atoms with Gasteiger partial charge in [-0.15, -0.1) is 0 Å². The number of rotatable bonds is 3. The molecule has 0 fully saturated rings. The molecule has 4 nitrogen and oxygen atoms in total. The largest absolute Gasteiger partial charge is 0.269 e. The van der Waals surface area contributed by atoms with Crippen molar-refractivity contribution in [2.24, 2.45) is 0 Å². The SMILES string of the molecule is CC(C)(C)S(=O)C1=CCC[C@H]1c1ccc([N+](=O)[O-])cc1. The third kappa shape index (κ3) is 2.98. The van der Waals surface area contributed by atoms with E-state index in [1.165, 1.54) is 12.1 Å². The Morgan fingerprint density at radius 2 is 1.85 bits per heavy atom. The van der Waals surface area contributed by atoms with E-state index in [-0.39, 0.29) is 16.4 Å². The van der Waals surface area contributed by atoms with Crippen molar-refractivity contribution >= 4 is 16.5 Å². The van der Waals surface area contributed by atoms with Crippen molar-refractivity contribution in [3.63, 3.8) is 0 Å². The lowest BCUT2D eigenvalue weighted by molar-refractivity contribution is -0.384. The molecule has 0 saturated carbocycles. The maximum Gasteiger partial charge on any atom is 0.269 e. The van der Waals surface area contributed by atoms with Crippen LogP contribution in [0.4, 0.5) is 5.69 Å². The summed E-state index contributed by atoms with van der Waals surface area (Å²) in [6, 6.07) is 6.60. The van der Waals surface area contributed by atoms with Crippen LogP contribution in [-0.2, 0) is 10.8 Å².